The maximum absolute atomic E-state index is 12.9. The lowest BCUT2D eigenvalue weighted by Gasteiger charge is -2.14. The number of nitro groups is 1. The van der Waals surface area contributed by atoms with Gasteiger partial charge in [0.05, 0.1) is 10.5 Å². The van der Waals surface area contributed by atoms with Crippen molar-refractivity contribution in [2.24, 2.45) is 14.1 Å². The van der Waals surface area contributed by atoms with E-state index >= 15 is 0 Å². The van der Waals surface area contributed by atoms with Gasteiger partial charge in [-0.1, -0.05) is 0 Å². The number of hydrogen-bond acceptors (Lipinski definition) is 8. The molecule has 3 rings (SSSR count). The van der Waals surface area contributed by atoms with E-state index < -0.39 is 22.0 Å². The molecule has 0 aliphatic carbocycles. The standard InChI is InChI=1S/C20H20N6O5/c1-24-17(11-18(27)25(2)20(24)29)23-9-8-22-16-6-5-14(26(30)31)10-15(16)19(28)13-4-3-7-21-12-13/h3-7,10-12,22-23H,8-9H2,1-2H3. The number of pyridine rings is 1. The summed E-state index contributed by atoms with van der Waals surface area (Å²) < 4.78 is 2.31. The van der Waals surface area contributed by atoms with E-state index in [1.807, 2.05) is 0 Å². The topological polar surface area (TPSA) is 141 Å². The molecule has 0 bridgehead atoms. The number of carbonyl (C=O) groups excluding carboxylic acids is 1. The van der Waals surface area contributed by atoms with E-state index in [1.165, 1.54) is 48.3 Å². The second-order valence-electron chi connectivity index (χ2n) is 6.68. The number of benzene rings is 1. The van der Waals surface area contributed by atoms with E-state index in [9.17, 15) is 24.5 Å². The zero-order valence-corrected chi connectivity index (χ0v) is 16.9. The van der Waals surface area contributed by atoms with Crippen LogP contribution in [0.3, 0.4) is 0 Å². The van der Waals surface area contributed by atoms with Crippen molar-refractivity contribution in [2.45, 2.75) is 0 Å². The molecule has 0 saturated heterocycles. The number of nitrogens with one attached hydrogen (secondary N) is 2. The monoisotopic (exact) mass is 424 g/mol. The van der Waals surface area contributed by atoms with Crippen LogP contribution >= 0.6 is 0 Å². The lowest BCUT2D eigenvalue weighted by atomic mass is 10.0. The van der Waals surface area contributed by atoms with Crippen LogP contribution in [0.15, 0.2) is 58.4 Å². The van der Waals surface area contributed by atoms with Crippen molar-refractivity contribution in [3.8, 4) is 0 Å². The molecule has 0 atom stereocenters. The molecule has 2 aromatic heterocycles. The predicted octanol–water partition coefficient (Wildman–Crippen LogP) is 1.14. The summed E-state index contributed by atoms with van der Waals surface area (Å²) in [6, 6.07) is 8.49. The Labute approximate surface area is 176 Å². The third-order valence-electron chi connectivity index (χ3n) is 4.65. The molecule has 0 radical (unpaired) electrons. The van der Waals surface area contributed by atoms with Crippen LogP contribution in [-0.4, -0.2) is 37.9 Å². The van der Waals surface area contributed by atoms with E-state index in [0.29, 0.717) is 30.2 Å². The molecular formula is C20H20N6O5. The number of rotatable bonds is 8. The molecule has 2 N–H and O–H groups in total. The summed E-state index contributed by atoms with van der Waals surface area (Å²) in [6.07, 6.45) is 2.92. The van der Waals surface area contributed by atoms with E-state index in [2.05, 4.69) is 15.6 Å². The fourth-order valence-corrected chi connectivity index (χ4v) is 2.93. The largest absolute Gasteiger partial charge is 0.383 e. The van der Waals surface area contributed by atoms with Crippen molar-refractivity contribution in [1.82, 2.24) is 14.1 Å². The van der Waals surface area contributed by atoms with E-state index in [4.69, 9.17) is 0 Å². The van der Waals surface area contributed by atoms with Crippen LogP contribution in [-0.2, 0) is 14.1 Å². The summed E-state index contributed by atoms with van der Waals surface area (Å²) in [5, 5.41) is 17.2. The number of anilines is 2. The summed E-state index contributed by atoms with van der Waals surface area (Å²) in [4.78, 5) is 51.1. The van der Waals surface area contributed by atoms with Gasteiger partial charge in [-0.25, -0.2) is 4.79 Å². The highest BCUT2D eigenvalue weighted by atomic mass is 16.6. The lowest BCUT2D eigenvalue weighted by molar-refractivity contribution is -0.384. The second kappa shape index (κ2) is 9.03. The molecule has 1 aromatic carbocycles. The average molecular weight is 424 g/mol. The van der Waals surface area contributed by atoms with E-state index in [-0.39, 0.29) is 11.3 Å². The molecule has 2 heterocycles. The summed E-state index contributed by atoms with van der Waals surface area (Å²) in [5.74, 6) is -0.0496. The second-order valence-corrected chi connectivity index (χ2v) is 6.68. The van der Waals surface area contributed by atoms with Gasteiger partial charge in [-0.05, 0) is 18.2 Å². The van der Waals surface area contributed by atoms with Gasteiger partial charge in [0, 0.05) is 69.0 Å². The first-order valence-electron chi connectivity index (χ1n) is 9.27. The molecule has 160 valence electrons. The van der Waals surface area contributed by atoms with Crippen LogP contribution in [0.25, 0.3) is 0 Å². The molecule has 11 heteroatoms. The number of hydrogen-bond donors (Lipinski definition) is 2. The van der Waals surface area contributed by atoms with Crippen molar-refractivity contribution in [1.29, 1.82) is 0 Å². The highest BCUT2D eigenvalue weighted by molar-refractivity contribution is 6.12. The highest BCUT2D eigenvalue weighted by Crippen LogP contribution is 2.24. The number of aromatic nitrogens is 3. The lowest BCUT2D eigenvalue weighted by Crippen LogP contribution is -2.37. The Kier molecular flexibility index (Phi) is 6.24. The number of non-ortho nitro benzene ring substituents is 1. The maximum atomic E-state index is 12.9. The molecule has 3 aromatic rings. The van der Waals surface area contributed by atoms with Gasteiger partial charge in [0.25, 0.3) is 11.2 Å². The van der Waals surface area contributed by atoms with Crippen LogP contribution in [0.5, 0.6) is 0 Å². The normalized spacial score (nSPS) is 10.5. The van der Waals surface area contributed by atoms with Gasteiger partial charge in [-0.2, -0.15) is 0 Å². The Morgan fingerprint density at radius 1 is 1.10 bits per heavy atom. The quantitative estimate of drug-likeness (QED) is 0.237. The predicted molar refractivity (Wildman–Crippen MR) is 115 cm³/mol. The molecule has 0 unspecified atom stereocenters. The third kappa shape index (κ3) is 4.66. The van der Waals surface area contributed by atoms with Gasteiger partial charge in [0.2, 0.25) is 0 Å². The maximum Gasteiger partial charge on any atom is 0.332 e. The number of nitro benzene ring substituents is 1. The Morgan fingerprint density at radius 3 is 2.52 bits per heavy atom. The van der Waals surface area contributed by atoms with E-state index in [0.717, 1.165) is 4.57 Å². The minimum atomic E-state index is -0.568. The first-order chi connectivity index (χ1) is 14.8. The van der Waals surface area contributed by atoms with Crippen LogP contribution in [0.4, 0.5) is 17.2 Å². The van der Waals surface area contributed by atoms with Crippen molar-refractivity contribution in [3.63, 3.8) is 0 Å². The fraction of sp³-hybridized carbons (Fsp3) is 0.200. The Balaban J connectivity index is 1.77. The molecule has 0 fully saturated rings. The summed E-state index contributed by atoms with van der Waals surface area (Å²) in [5.41, 5.74) is -0.228. The molecule has 0 saturated carbocycles. The van der Waals surface area contributed by atoms with Gasteiger partial charge in [-0.3, -0.25) is 33.8 Å². The van der Waals surface area contributed by atoms with Gasteiger partial charge in [0.15, 0.2) is 5.78 Å². The summed E-state index contributed by atoms with van der Waals surface area (Å²) in [6.45, 7) is 0.631. The van der Waals surface area contributed by atoms with Crippen LogP contribution in [0.2, 0.25) is 0 Å². The summed E-state index contributed by atoms with van der Waals surface area (Å²) in [7, 11) is 2.93. The SMILES string of the molecule is Cn1c(NCCNc2ccc([N+](=O)[O-])cc2C(=O)c2cccnc2)cc(=O)n(C)c1=O. The number of carbonyl (C=O) groups is 1. The zero-order chi connectivity index (χ0) is 22.5. The molecular weight excluding hydrogens is 404 g/mol. The van der Waals surface area contributed by atoms with Crippen molar-refractivity contribution in [2.75, 3.05) is 23.7 Å². The minimum absolute atomic E-state index is 0.142. The summed E-state index contributed by atoms with van der Waals surface area (Å²) >= 11 is 0. The first-order valence-corrected chi connectivity index (χ1v) is 9.27. The molecule has 0 amide bonds. The smallest absolute Gasteiger partial charge is 0.332 e. The van der Waals surface area contributed by atoms with Gasteiger partial charge in [-0.15, -0.1) is 0 Å². The molecule has 0 aliphatic rings. The third-order valence-corrected chi connectivity index (χ3v) is 4.65. The van der Waals surface area contributed by atoms with Gasteiger partial charge in [0.1, 0.15) is 5.82 Å². The van der Waals surface area contributed by atoms with Gasteiger partial charge >= 0.3 is 5.69 Å². The Morgan fingerprint density at radius 2 is 1.84 bits per heavy atom. The van der Waals surface area contributed by atoms with E-state index in [1.54, 1.807) is 19.2 Å². The number of nitrogens with zero attached hydrogens (tertiary/aromatic N) is 4. The van der Waals surface area contributed by atoms with Gasteiger partial charge < -0.3 is 10.6 Å². The fourth-order valence-electron chi connectivity index (χ4n) is 2.93. The van der Waals surface area contributed by atoms with Crippen LogP contribution in [0, 0.1) is 10.1 Å². The first kappa shape index (κ1) is 21.4. The van der Waals surface area contributed by atoms with Crippen molar-refractivity contribution < 1.29 is 9.72 Å². The molecule has 11 nitrogen and oxygen atoms in total. The highest BCUT2D eigenvalue weighted by Gasteiger charge is 2.18. The Hall–Kier alpha value is -4.28. The molecule has 31 heavy (non-hydrogen) atoms. The number of ketones is 1. The minimum Gasteiger partial charge on any atom is -0.383 e. The van der Waals surface area contributed by atoms with Crippen molar-refractivity contribution in [3.05, 3.63) is 90.9 Å². The average Bonchev–Trinajstić information content (AvgIpc) is 2.78. The van der Waals surface area contributed by atoms with Crippen LogP contribution in [0.1, 0.15) is 15.9 Å². The molecule has 0 spiro atoms. The Bertz CT molecular complexity index is 1250. The molecule has 0 aliphatic heterocycles. The van der Waals surface area contributed by atoms with Crippen LogP contribution < -0.4 is 21.9 Å². The van der Waals surface area contributed by atoms with Crippen molar-refractivity contribution >= 4 is 23.0 Å². The zero-order valence-electron chi connectivity index (χ0n) is 16.9.